The first-order chi connectivity index (χ1) is 11.6. The Balaban J connectivity index is 1.57. The molecule has 3 aromatic rings. The summed E-state index contributed by atoms with van der Waals surface area (Å²) in [6, 6.07) is 15.7. The lowest BCUT2D eigenvalue weighted by molar-refractivity contribution is -0.120. The van der Waals surface area contributed by atoms with Gasteiger partial charge >= 0.3 is 0 Å². The average molecular weight is 357 g/mol. The Hall–Kier alpha value is -2.17. The maximum Gasteiger partial charge on any atom is 0.226 e. The van der Waals surface area contributed by atoms with Crippen LogP contribution in [-0.2, 0) is 17.8 Å². The van der Waals surface area contributed by atoms with Crippen molar-refractivity contribution in [2.45, 2.75) is 19.9 Å². The minimum atomic E-state index is -0.0245. The molecule has 0 spiro atoms. The van der Waals surface area contributed by atoms with Crippen LogP contribution in [0, 0.1) is 6.92 Å². The van der Waals surface area contributed by atoms with Gasteiger partial charge in [-0.1, -0.05) is 53.6 Å². The number of nitrogens with zero attached hydrogens (tertiary/aromatic N) is 1. The standard InChI is InChI=1S/C19H17ClN2OS/c1-13-2-4-14(5-3-13)11-21-18(23)10-17-12-24-19(22-17)15-6-8-16(20)9-7-15/h2-9,12H,10-11H2,1H3,(H,21,23). The number of thiazole rings is 1. The van der Waals surface area contributed by atoms with Crippen LogP contribution in [0.1, 0.15) is 16.8 Å². The highest BCUT2D eigenvalue weighted by atomic mass is 35.5. The highest BCUT2D eigenvalue weighted by molar-refractivity contribution is 7.13. The summed E-state index contributed by atoms with van der Waals surface area (Å²) in [4.78, 5) is 16.6. The molecule has 0 fully saturated rings. The summed E-state index contributed by atoms with van der Waals surface area (Å²) in [5, 5.41) is 6.45. The van der Waals surface area contributed by atoms with Gasteiger partial charge in [0.05, 0.1) is 12.1 Å². The van der Waals surface area contributed by atoms with Crippen LogP contribution in [0.4, 0.5) is 0 Å². The van der Waals surface area contributed by atoms with E-state index in [2.05, 4.69) is 10.3 Å². The largest absolute Gasteiger partial charge is 0.352 e. The lowest BCUT2D eigenvalue weighted by Crippen LogP contribution is -2.24. The Kier molecular flexibility index (Phi) is 5.28. The Bertz CT molecular complexity index is 825. The first kappa shape index (κ1) is 16.7. The molecule has 0 aliphatic heterocycles. The van der Waals surface area contributed by atoms with Gasteiger partial charge < -0.3 is 5.32 Å². The number of carbonyl (C=O) groups is 1. The number of amides is 1. The Morgan fingerprint density at radius 3 is 2.54 bits per heavy atom. The van der Waals surface area contributed by atoms with E-state index in [-0.39, 0.29) is 12.3 Å². The number of halogens is 1. The fraction of sp³-hybridized carbons (Fsp3) is 0.158. The quantitative estimate of drug-likeness (QED) is 0.724. The molecule has 0 radical (unpaired) electrons. The van der Waals surface area contributed by atoms with Gasteiger partial charge in [-0.25, -0.2) is 4.98 Å². The molecule has 0 aliphatic carbocycles. The molecule has 24 heavy (non-hydrogen) atoms. The summed E-state index contributed by atoms with van der Waals surface area (Å²) in [5.74, 6) is -0.0245. The van der Waals surface area contributed by atoms with Crippen molar-refractivity contribution in [2.75, 3.05) is 0 Å². The Morgan fingerprint density at radius 2 is 1.83 bits per heavy atom. The number of hydrogen-bond acceptors (Lipinski definition) is 3. The van der Waals surface area contributed by atoms with Crippen LogP contribution in [-0.4, -0.2) is 10.9 Å². The SMILES string of the molecule is Cc1ccc(CNC(=O)Cc2csc(-c3ccc(Cl)cc3)n2)cc1. The molecule has 1 N–H and O–H groups in total. The first-order valence-corrected chi connectivity index (χ1v) is 8.88. The number of rotatable bonds is 5. The fourth-order valence-corrected chi connectivity index (χ4v) is 3.20. The van der Waals surface area contributed by atoms with Crippen LogP contribution in [0.2, 0.25) is 5.02 Å². The third kappa shape index (κ3) is 4.43. The van der Waals surface area contributed by atoms with Gasteiger partial charge in [0.1, 0.15) is 5.01 Å². The molecule has 0 saturated carbocycles. The van der Waals surface area contributed by atoms with E-state index in [1.54, 1.807) is 0 Å². The van der Waals surface area contributed by atoms with Crippen LogP contribution in [0.15, 0.2) is 53.9 Å². The van der Waals surface area contributed by atoms with Gasteiger partial charge in [0.2, 0.25) is 5.91 Å². The van der Waals surface area contributed by atoms with Gasteiger partial charge in [-0.05, 0) is 24.6 Å². The number of aromatic nitrogens is 1. The van der Waals surface area contributed by atoms with E-state index in [1.807, 2.05) is 60.8 Å². The second-order valence-corrected chi connectivity index (χ2v) is 6.88. The van der Waals surface area contributed by atoms with Crippen LogP contribution >= 0.6 is 22.9 Å². The highest BCUT2D eigenvalue weighted by Crippen LogP contribution is 2.25. The predicted octanol–water partition coefficient (Wildman–Crippen LogP) is 4.63. The van der Waals surface area contributed by atoms with E-state index in [9.17, 15) is 4.79 Å². The molecule has 122 valence electrons. The molecule has 3 nitrogen and oxygen atoms in total. The number of carbonyl (C=O) groups excluding carboxylic acids is 1. The van der Waals surface area contributed by atoms with E-state index in [1.165, 1.54) is 16.9 Å². The van der Waals surface area contributed by atoms with Crippen molar-refractivity contribution in [1.82, 2.24) is 10.3 Å². The molecule has 1 amide bonds. The molecule has 1 heterocycles. The summed E-state index contributed by atoms with van der Waals surface area (Å²) in [6.45, 7) is 2.58. The van der Waals surface area contributed by atoms with E-state index in [0.717, 1.165) is 21.8 Å². The summed E-state index contributed by atoms with van der Waals surface area (Å²) in [5.41, 5.74) is 4.10. The zero-order chi connectivity index (χ0) is 16.9. The summed E-state index contributed by atoms with van der Waals surface area (Å²) in [7, 11) is 0. The van der Waals surface area contributed by atoms with E-state index >= 15 is 0 Å². The van der Waals surface area contributed by atoms with Crippen molar-refractivity contribution in [1.29, 1.82) is 0 Å². The van der Waals surface area contributed by atoms with Crippen molar-refractivity contribution in [3.05, 3.63) is 75.8 Å². The van der Waals surface area contributed by atoms with Gasteiger partial charge in [-0.2, -0.15) is 0 Å². The minimum Gasteiger partial charge on any atom is -0.352 e. The van der Waals surface area contributed by atoms with Crippen LogP contribution in [0.5, 0.6) is 0 Å². The average Bonchev–Trinajstić information content (AvgIpc) is 3.03. The van der Waals surface area contributed by atoms with Gasteiger partial charge in [0, 0.05) is 22.5 Å². The Labute approximate surface area is 150 Å². The minimum absolute atomic E-state index is 0.0245. The van der Waals surface area contributed by atoms with Gasteiger partial charge in [0.25, 0.3) is 0 Å². The molecule has 5 heteroatoms. The third-order valence-electron chi connectivity index (χ3n) is 3.59. The number of nitrogens with one attached hydrogen (secondary N) is 1. The summed E-state index contributed by atoms with van der Waals surface area (Å²) < 4.78 is 0. The smallest absolute Gasteiger partial charge is 0.226 e. The molecule has 0 saturated heterocycles. The number of benzene rings is 2. The van der Waals surface area contributed by atoms with Crippen molar-refractivity contribution >= 4 is 28.8 Å². The predicted molar refractivity (Wildman–Crippen MR) is 99.3 cm³/mol. The van der Waals surface area contributed by atoms with Crippen molar-refractivity contribution in [2.24, 2.45) is 0 Å². The first-order valence-electron chi connectivity index (χ1n) is 7.63. The topological polar surface area (TPSA) is 42.0 Å². The van der Waals surface area contributed by atoms with Crippen molar-refractivity contribution in [3.63, 3.8) is 0 Å². The molecule has 1 aromatic heterocycles. The molecular weight excluding hydrogens is 340 g/mol. The maximum atomic E-state index is 12.1. The lowest BCUT2D eigenvalue weighted by Gasteiger charge is -2.04. The molecule has 0 bridgehead atoms. The van der Waals surface area contributed by atoms with Gasteiger partial charge in [0.15, 0.2) is 0 Å². The molecular formula is C19H17ClN2OS. The van der Waals surface area contributed by atoms with E-state index in [4.69, 9.17) is 11.6 Å². The van der Waals surface area contributed by atoms with E-state index < -0.39 is 0 Å². The summed E-state index contributed by atoms with van der Waals surface area (Å²) in [6.07, 6.45) is 0.288. The van der Waals surface area contributed by atoms with Crippen molar-refractivity contribution in [3.8, 4) is 10.6 Å². The lowest BCUT2D eigenvalue weighted by atomic mass is 10.1. The van der Waals surface area contributed by atoms with Gasteiger partial charge in [-0.15, -0.1) is 11.3 Å². The van der Waals surface area contributed by atoms with Crippen LogP contribution in [0.25, 0.3) is 10.6 Å². The Morgan fingerprint density at radius 1 is 1.12 bits per heavy atom. The maximum absolute atomic E-state index is 12.1. The fourth-order valence-electron chi connectivity index (χ4n) is 2.25. The normalized spacial score (nSPS) is 10.6. The molecule has 2 aromatic carbocycles. The number of hydrogen-bond donors (Lipinski definition) is 1. The monoisotopic (exact) mass is 356 g/mol. The summed E-state index contributed by atoms with van der Waals surface area (Å²) >= 11 is 7.43. The number of aryl methyl sites for hydroxylation is 1. The zero-order valence-corrected chi connectivity index (χ0v) is 14.8. The molecule has 0 unspecified atom stereocenters. The third-order valence-corrected chi connectivity index (χ3v) is 4.79. The van der Waals surface area contributed by atoms with Crippen LogP contribution < -0.4 is 5.32 Å². The van der Waals surface area contributed by atoms with Gasteiger partial charge in [-0.3, -0.25) is 4.79 Å². The second kappa shape index (κ2) is 7.60. The van der Waals surface area contributed by atoms with Crippen LogP contribution in [0.3, 0.4) is 0 Å². The van der Waals surface area contributed by atoms with Crippen molar-refractivity contribution < 1.29 is 4.79 Å². The zero-order valence-electron chi connectivity index (χ0n) is 13.3. The molecule has 0 aliphatic rings. The second-order valence-electron chi connectivity index (χ2n) is 5.59. The molecule has 3 rings (SSSR count). The molecule has 0 atom stereocenters. The highest BCUT2D eigenvalue weighted by Gasteiger charge is 2.09. The van der Waals surface area contributed by atoms with E-state index in [0.29, 0.717) is 11.6 Å².